The van der Waals surface area contributed by atoms with Crippen LogP contribution in [0.4, 0.5) is 0 Å². The van der Waals surface area contributed by atoms with Gasteiger partial charge in [0.05, 0.1) is 5.56 Å². The van der Waals surface area contributed by atoms with Crippen LogP contribution in [0.2, 0.25) is 0 Å². The number of aliphatic hydroxyl groups is 1. The number of carbonyl (C=O) groups is 1. The van der Waals surface area contributed by atoms with Gasteiger partial charge in [-0.3, -0.25) is 0 Å². The molecule has 0 unspecified atom stereocenters. The Kier molecular flexibility index (Phi) is 2.88. The Balaban J connectivity index is 2.58. The van der Waals surface area contributed by atoms with Gasteiger partial charge < -0.3 is 14.8 Å². The van der Waals surface area contributed by atoms with Gasteiger partial charge in [0.25, 0.3) is 0 Å². The first-order valence-corrected chi connectivity index (χ1v) is 3.74. The SMILES string of the molecule is O=C(O)c1ccn(CCCO)c1. The zero-order valence-electron chi connectivity index (χ0n) is 6.60. The Morgan fingerprint density at radius 2 is 2.33 bits per heavy atom. The first kappa shape index (κ1) is 8.80. The van der Waals surface area contributed by atoms with E-state index in [9.17, 15) is 4.79 Å². The maximum atomic E-state index is 10.4. The summed E-state index contributed by atoms with van der Waals surface area (Å²) in [5.74, 6) is -0.919. The second-order valence-electron chi connectivity index (χ2n) is 2.52. The fraction of sp³-hybridized carbons (Fsp3) is 0.375. The van der Waals surface area contributed by atoms with Crippen LogP contribution in [0.1, 0.15) is 16.8 Å². The molecule has 0 fully saturated rings. The van der Waals surface area contributed by atoms with Crippen LogP contribution >= 0.6 is 0 Å². The molecule has 0 aliphatic carbocycles. The molecule has 1 aromatic heterocycles. The summed E-state index contributed by atoms with van der Waals surface area (Å²) in [4.78, 5) is 10.4. The minimum absolute atomic E-state index is 0.126. The Morgan fingerprint density at radius 1 is 1.58 bits per heavy atom. The summed E-state index contributed by atoms with van der Waals surface area (Å²) in [5.41, 5.74) is 0.285. The lowest BCUT2D eigenvalue weighted by Gasteiger charge is -1.98. The molecule has 0 saturated carbocycles. The molecule has 0 saturated heterocycles. The van der Waals surface area contributed by atoms with Gasteiger partial charge in [-0.2, -0.15) is 0 Å². The van der Waals surface area contributed by atoms with Crippen LogP contribution in [0.3, 0.4) is 0 Å². The largest absolute Gasteiger partial charge is 0.478 e. The number of aromatic nitrogens is 1. The first-order valence-electron chi connectivity index (χ1n) is 3.74. The molecular formula is C8H11NO3. The lowest BCUT2D eigenvalue weighted by molar-refractivity contribution is 0.0697. The van der Waals surface area contributed by atoms with Gasteiger partial charge in [0.1, 0.15) is 0 Å². The molecule has 66 valence electrons. The van der Waals surface area contributed by atoms with Crippen molar-refractivity contribution < 1.29 is 15.0 Å². The molecule has 4 nitrogen and oxygen atoms in total. The van der Waals surface area contributed by atoms with E-state index in [0.29, 0.717) is 13.0 Å². The van der Waals surface area contributed by atoms with E-state index in [-0.39, 0.29) is 12.2 Å². The Morgan fingerprint density at radius 3 is 2.83 bits per heavy atom. The molecule has 1 aromatic rings. The molecule has 0 bridgehead atoms. The summed E-state index contributed by atoms with van der Waals surface area (Å²) in [5, 5.41) is 17.1. The minimum Gasteiger partial charge on any atom is -0.478 e. The molecule has 0 aliphatic rings. The van der Waals surface area contributed by atoms with Gasteiger partial charge in [-0.1, -0.05) is 0 Å². The standard InChI is InChI=1S/C8H11NO3/c10-5-1-3-9-4-2-7(6-9)8(11)12/h2,4,6,10H,1,3,5H2,(H,11,12). The summed E-state index contributed by atoms with van der Waals surface area (Å²) in [7, 11) is 0. The van der Waals surface area contributed by atoms with Crippen molar-refractivity contribution in [2.24, 2.45) is 0 Å². The van der Waals surface area contributed by atoms with Crippen molar-refractivity contribution in [2.75, 3.05) is 6.61 Å². The number of aliphatic hydroxyl groups excluding tert-OH is 1. The Hall–Kier alpha value is -1.29. The zero-order chi connectivity index (χ0) is 8.97. The fourth-order valence-electron chi connectivity index (χ4n) is 0.960. The van der Waals surface area contributed by atoms with Gasteiger partial charge in [0, 0.05) is 25.5 Å². The van der Waals surface area contributed by atoms with E-state index in [2.05, 4.69) is 0 Å². The van der Waals surface area contributed by atoms with Gasteiger partial charge in [0.2, 0.25) is 0 Å². The molecule has 4 heteroatoms. The van der Waals surface area contributed by atoms with E-state index >= 15 is 0 Å². The third kappa shape index (κ3) is 2.10. The summed E-state index contributed by atoms with van der Waals surface area (Å²) < 4.78 is 1.75. The number of hydrogen-bond acceptors (Lipinski definition) is 2. The van der Waals surface area contributed by atoms with Crippen LogP contribution in [0.25, 0.3) is 0 Å². The maximum Gasteiger partial charge on any atom is 0.337 e. The molecule has 0 amide bonds. The predicted octanol–water partition coefficient (Wildman–Crippen LogP) is 0.569. The smallest absolute Gasteiger partial charge is 0.337 e. The average molecular weight is 169 g/mol. The molecular weight excluding hydrogens is 158 g/mol. The van der Waals surface area contributed by atoms with E-state index < -0.39 is 5.97 Å². The number of aromatic carboxylic acids is 1. The van der Waals surface area contributed by atoms with E-state index in [0.717, 1.165) is 0 Å². The maximum absolute atomic E-state index is 10.4. The molecule has 0 aliphatic heterocycles. The molecule has 0 spiro atoms. The Labute approximate surface area is 70.1 Å². The second-order valence-corrected chi connectivity index (χ2v) is 2.52. The van der Waals surface area contributed by atoms with Crippen LogP contribution in [-0.4, -0.2) is 27.4 Å². The lowest BCUT2D eigenvalue weighted by Crippen LogP contribution is -1.98. The molecule has 1 heterocycles. The van der Waals surface area contributed by atoms with Crippen molar-refractivity contribution in [1.82, 2.24) is 4.57 Å². The molecule has 2 N–H and O–H groups in total. The van der Waals surface area contributed by atoms with Crippen LogP contribution in [-0.2, 0) is 6.54 Å². The van der Waals surface area contributed by atoms with Crippen molar-refractivity contribution in [1.29, 1.82) is 0 Å². The third-order valence-corrected chi connectivity index (χ3v) is 1.57. The summed E-state index contributed by atoms with van der Waals surface area (Å²) >= 11 is 0. The zero-order valence-corrected chi connectivity index (χ0v) is 6.60. The molecule has 1 rings (SSSR count). The van der Waals surface area contributed by atoms with Crippen LogP contribution in [0, 0.1) is 0 Å². The Bertz CT molecular complexity index is 267. The van der Waals surface area contributed by atoms with Gasteiger partial charge in [0.15, 0.2) is 0 Å². The first-order chi connectivity index (χ1) is 5.74. The van der Waals surface area contributed by atoms with Crippen LogP contribution in [0.5, 0.6) is 0 Å². The van der Waals surface area contributed by atoms with Gasteiger partial charge in [-0.15, -0.1) is 0 Å². The second kappa shape index (κ2) is 3.92. The van der Waals surface area contributed by atoms with Crippen molar-refractivity contribution in [3.63, 3.8) is 0 Å². The number of nitrogens with zero attached hydrogens (tertiary/aromatic N) is 1. The molecule has 0 radical (unpaired) electrons. The third-order valence-electron chi connectivity index (χ3n) is 1.57. The molecule has 12 heavy (non-hydrogen) atoms. The fourth-order valence-corrected chi connectivity index (χ4v) is 0.960. The highest BCUT2D eigenvalue weighted by molar-refractivity contribution is 5.87. The average Bonchev–Trinajstić information content (AvgIpc) is 2.48. The van der Waals surface area contributed by atoms with E-state index in [1.165, 1.54) is 0 Å². The molecule has 0 atom stereocenters. The van der Waals surface area contributed by atoms with Crippen LogP contribution in [0.15, 0.2) is 18.5 Å². The summed E-state index contributed by atoms with van der Waals surface area (Å²) in [6.45, 7) is 0.782. The molecule has 0 aromatic carbocycles. The minimum atomic E-state index is -0.919. The van der Waals surface area contributed by atoms with Gasteiger partial charge in [-0.25, -0.2) is 4.79 Å². The topological polar surface area (TPSA) is 62.5 Å². The van der Waals surface area contributed by atoms with Crippen LogP contribution < -0.4 is 0 Å². The summed E-state index contributed by atoms with van der Waals surface area (Å²) in [6, 6.07) is 1.54. The van der Waals surface area contributed by atoms with E-state index in [4.69, 9.17) is 10.2 Å². The quantitative estimate of drug-likeness (QED) is 0.692. The summed E-state index contributed by atoms with van der Waals surface area (Å²) in [6.07, 6.45) is 3.89. The number of carboxylic acids is 1. The van der Waals surface area contributed by atoms with E-state index in [1.54, 1.807) is 23.0 Å². The normalized spacial score (nSPS) is 10.1. The van der Waals surface area contributed by atoms with Crippen molar-refractivity contribution in [2.45, 2.75) is 13.0 Å². The van der Waals surface area contributed by atoms with E-state index in [1.807, 2.05) is 0 Å². The highest BCUT2D eigenvalue weighted by atomic mass is 16.4. The monoisotopic (exact) mass is 169 g/mol. The highest BCUT2D eigenvalue weighted by Crippen LogP contribution is 2.01. The van der Waals surface area contributed by atoms with Crippen molar-refractivity contribution >= 4 is 5.97 Å². The van der Waals surface area contributed by atoms with Crippen molar-refractivity contribution in [3.05, 3.63) is 24.0 Å². The number of aryl methyl sites for hydroxylation is 1. The number of hydrogen-bond donors (Lipinski definition) is 2. The van der Waals surface area contributed by atoms with Gasteiger partial charge >= 0.3 is 5.97 Å². The van der Waals surface area contributed by atoms with Crippen molar-refractivity contribution in [3.8, 4) is 0 Å². The van der Waals surface area contributed by atoms with Gasteiger partial charge in [-0.05, 0) is 12.5 Å². The highest BCUT2D eigenvalue weighted by Gasteiger charge is 2.03. The predicted molar refractivity (Wildman–Crippen MR) is 43.1 cm³/mol. The number of carboxylic acid groups (broad SMARTS) is 1. The lowest BCUT2D eigenvalue weighted by atomic mass is 10.3. The number of rotatable bonds is 4.